The van der Waals surface area contributed by atoms with Gasteiger partial charge in [-0.15, -0.1) is 0 Å². The third-order valence-electron chi connectivity index (χ3n) is 3.58. The molecule has 2 heterocycles. The summed E-state index contributed by atoms with van der Waals surface area (Å²) in [7, 11) is 0. The van der Waals surface area contributed by atoms with Crippen LogP contribution in [0.4, 0.5) is 0 Å². The van der Waals surface area contributed by atoms with Crippen LogP contribution in [0.2, 0.25) is 0 Å². The van der Waals surface area contributed by atoms with Crippen molar-refractivity contribution in [2.75, 3.05) is 0 Å². The molecule has 0 radical (unpaired) electrons. The summed E-state index contributed by atoms with van der Waals surface area (Å²) in [5, 5.41) is 9.02. The number of carbonyl (C=O) groups is 1. The number of aryl methyl sites for hydroxylation is 2. The number of aromatic carboxylic acids is 1. The molecule has 1 aliphatic carbocycles. The summed E-state index contributed by atoms with van der Waals surface area (Å²) in [6.07, 6.45) is 6.18. The van der Waals surface area contributed by atoms with E-state index in [-0.39, 0.29) is 5.56 Å². The molecule has 0 amide bonds. The molecule has 0 atom stereocenters. The van der Waals surface area contributed by atoms with Crippen molar-refractivity contribution in [3.05, 3.63) is 41.1 Å². The van der Waals surface area contributed by atoms with Crippen LogP contribution in [-0.4, -0.2) is 25.6 Å². The monoisotopic (exact) mass is 257 g/mol. The maximum absolute atomic E-state index is 11.0. The Bertz CT molecular complexity index is 646. The van der Waals surface area contributed by atoms with E-state index in [9.17, 15) is 4.79 Å². The molecule has 0 aromatic carbocycles. The zero-order valence-electron chi connectivity index (χ0n) is 10.8. The SMILES string of the molecule is Cc1nc(-n2cnc3c2CCCC3)ccc1C(=O)O. The van der Waals surface area contributed by atoms with Gasteiger partial charge in [-0.1, -0.05) is 0 Å². The third-order valence-corrected chi connectivity index (χ3v) is 3.58. The molecule has 5 nitrogen and oxygen atoms in total. The van der Waals surface area contributed by atoms with Gasteiger partial charge in [-0.05, 0) is 44.7 Å². The number of nitrogens with zero attached hydrogens (tertiary/aromatic N) is 3. The lowest BCUT2D eigenvalue weighted by atomic mass is 10.0. The first-order chi connectivity index (χ1) is 9.16. The van der Waals surface area contributed by atoms with Crippen LogP contribution in [0.25, 0.3) is 5.82 Å². The molecule has 0 fully saturated rings. The molecule has 0 saturated carbocycles. The Kier molecular flexibility index (Phi) is 2.81. The topological polar surface area (TPSA) is 68.0 Å². The summed E-state index contributed by atoms with van der Waals surface area (Å²) >= 11 is 0. The molecular formula is C14H15N3O2. The maximum atomic E-state index is 11.0. The molecule has 1 aliphatic rings. The highest BCUT2D eigenvalue weighted by atomic mass is 16.4. The third kappa shape index (κ3) is 2.01. The van der Waals surface area contributed by atoms with Gasteiger partial charge in [0, 0.05) is 5.69 Å². The lowest BCUT2D eigenvalue weighted by molar-refractivity contribution is 0.0695. The van der Waals surface area contributed by atoms with E-state index in [1.807, 2.05) is 4.57 Å². The summed E-state index contributed by atoms with van der Waals surface area (Å²) in [5.74, 6) is -0.192. The lowest BCUT2D eigenvalue weighted by Crippen LogP contribution is -2.09. The van der Waals surface area contributed by atoms with E-state index in [0.717, 1.165) is 24.4 Å². The number of hydrogen-bond acceptors (Lipinski definition) is 3. The van der Waals surface area contributed by atoms with Gasteiger partial charge in [-0.25, -0.2) is 14.8 Å². The van der Waals surface area contributed by atoms with Crippen molar-refractivity contribution in [3.63, 3.8) is 0 Å². The van der Waals surface area contributed by atoms with Crippen LogP contribution in [0.1, 0.15) is 40.3 Å². The molecule has 0 aliphatic heterocycles. The highest BCUT2D eigenvalue weighted by Gasteiger charge is 2.17. The average molecular weight is 257 g/mol. The average Bonchev–Trinajstić information content (AvgIpc) is 2.82. The van der Waals surface area contributed by atoms with Crippen LogP contribution in [0.5, 0.6) is 0 Å². The van der Waals surface area contributed by atoms with Crippen LogP contribution in [0.15, 0.2) is 18.5 Å². The summed E-state index contributed by atoms with van der Waals surface area (Å²) in [6.45, 7) is 1.72. The van der Waals surface area contributed by atoms with Crippen molar-refractivity contribution in [1.82, 2.24) is 14.5 Å². The Hall–Kier alpha value is -2.17. The van der Waals surface area contributed by atoms with Crippen LogP contribution in [-0.2, 0) is 12.8 Å². The molecule has 2 aromatic rings. The van der Waals surface area contributed by atoms with Crippen molar-refractivity contribution in [2.45, 2.75) is 32.6 Å². The quantitative estimate of drug-likeness (QED) is 0.895. The largest absolute Gasteiger partial charge is 0.478 e. The number of rotatable bonds is 2. The smallest absolute Gasteiger partial charge is 0.337 e. The van der Waals surface area contributed by atoms with E-state index in [0.29, 0.717) is 5.69 Å². The standard InChI is InChI=1S/C14H15N3O2/c1-9-10(14(18)19)6-7-13(16-9)17-8-15-11-4-2-3-5-12(11)17/h6-8H,2-5H2,1H3,(H,18,19). The predicted octanol–water partition coefficient (Wildman–Crippen LogP) is 2.15. The van der Waals surface area contributed by atoms with Gasteiger partial charge in [0.15, 0.2) is 0 Å². The first kappa shape index (κ1) is 11.9. The van der Waals surface area contributed by atoms with Crippen LogP contribution in [0, 0.1) is 6.92 Å². The number of pyridine rings is 1. The number of carboxylic acids is 1. The van der Waals surface area contributed by atoms with Crippen LogP contribution in [0.3, 0.4) is 0 Å². The predicted molar refractivity (Wildman–Crippen MR) is 69.7 cm³/mol. The van der Waals surface area contributed by atoms with Gasteiger partial charge in [0.1, 0.15) is 12.1 Å². The first-order valence-electron chi connectivity index (χ1n) is 6.43. The van der Waals surface area contributed by atoms with E-state index < -0.39 is 5.97 Å². The fraction of sp³-hybridized carbons (Fsp3) is 0.357. The molecule has 3 rings (SSSR count). The van der Waals surface area contributed by atoms with Crippen LogP contribution < -0.4 is 0 Å². The molecule has 19 heavy (non-hydrogen) atoms. The number of hydrogen-bond donors (Lipinski definition) is 1. The fourth-order valence-electron chi connectivity index (χ4n) is 2.57. The molecule has 0 saturated heterocycles. The Morgan fingerprint density at radius 3 is 2.84 bits per heavy atom. The zero-order valence-corrected chi connectivity index (χ0v) is 10.8. The van der Waals surface area contributed by atoms with Gasteiger partial charge in [-0.3, -0.25) is 4.57 Å². The Morgan fingerprint density at radius 2 is 2.11 bits per heavy atom. The van der Waals surface area contributed by atoms with E-state index in [2.05, 4.69) is 9.97 Å². The molecule has 98 valence electrons. The normalized spacial score (nSPS) is 14.2. The summed E-state index contributed by atoms with van der Waals surface area (Å²) in [5.41, 5.74) is 3.13. The molecule has 2 aromatic heterocycles. The van der Waals surface area contributed by atoms with Crippen molar-refractivity contribution in [2.24, 2.45) is 0 Å². The molecule has 0 unspecified atom stereocenters. The zero-order chi connectivity index (χ0) is 13.4. The fourth-order valence-corrected chi connectivity index (χ4v) is 2.57. The molecule has 0 bridgehead atoms. The minimum atomic E-state index is -0.941. The van der Waals surface area contributed by atoms with Crippen molar-refractivity contribution in [3.8, 4) is 5.82 Å². The molecule has 1 N–H and O–H groups in total. The highest BCUT2D eigenvalue weighted by Crippen LogP contribution is 2.22. The van der Waals surface area contributed by atoms with Gasteiger partial charge in [-0.2, -0.15) is 0 Å². The van der Waals surface area contributed by atoms with Crippen molar-refractivity contribution in [1.29, 1.82) is 0 Å². The van der Waals surface area contributed by atoms with E-state index >= 15 is 0 Å². The van der Waals surface area contributed by atoms with Gasteiger partial charge in [0.25, 0.3) is 0 Å². The number of aromatic nitrogens is 3. The summed E-state index contributed by atoms with van der Waals surface area (Å²) < 4.78 is 1.98. The van der Waals surface area contributed by atoms with Crippen molar-refractivity contribution < 1.29 is 9.90 Å². The van der Waals surface area contributed by atoms with E-state index in [1.165, 1.54) is 18.5 Å². The number of fused-ring (bicyclic) bond motifs is 1. The highest BCUT2D eigenvalue weighted by molar-refractivity contribution is 5.88. The van der Waals surface area contributed by atoms with Gasteiger partial charge >= 0.3 is 5.97 Å². The van der Waals surface area contributed by atoms with Gasteiger partial charge in [0.2, 0.25) is 0 Å². The second-order valence-corrected chi connectivity index (χ2v) is 4.82. The summed E-state index contributed by atoms with van der Waals surface area (Å²) in [4.78, 5) is 19.8. The summed E-state index contributed by atoms with van der Waals surface area (Å²) in [6, 6.07) is 3.35. The molecule has 5 heteroatoms. The molecular weight excluding hydrogens is 242 g/mol. The molecule has 0 spiro atoms. The number of carboxylic acid groups (broad SMARTS) is 1. The van der Waals surface area contributed by atoms with E-state index in [4.69, 9.17) is 5.11 Å². The second-order valence-electron chi connectivity index (χ2n) is 4.82. The van der Waals surface area contributed by atoms with Crippen LogP contribution >= 0.6 is 0 Å². The van der Waals surface area contributed by atoms with Crippen molar-refractivity contribution >= 4 is 5.97 Å². The second kappa shape index (κ2) is 4.50. The van der Waals surface area contributed by atoms with Gasteiger partial charge < -0.3 is 5.11 Å². The van der Waals surface area contributed by atoms with E-state index in [1.54, 1.807) is 25.4 Å². The Labute approximate surface area is 110 Å². The Balaban J connectivity index is 2.05. The lowest BCUT2D eigenvalue weighted by Gasteiger charge is -2.14. The van der Waals surface area contributed by atoms with Gasteiger partial charge in [0.05, 0.1) is 17.0 Å². The minimum Gasteiger partial charge on any atom is -0.478 e. The Morgan fingerprint density at radius 1 is 1.32 bits per heavy atom. The first-order valence-corrected chi connectivity index (χ1v) is 6.43. The minimum absolute atomic E-state index is 0.248. The maximum Gasteiger partial charge on any atom is 0.337 e. The number of imidazole rings is 1.